The lowest BCUT2D eigenvalue weighted by molar-refractivity contribution is -0.0491. The van der Waals surface area contributed by atoms with E-state index in [-0.39, 0.29) is 12.6 Å². The van der Waals surface area contributed by atoms with E-state index in [0.717, 1.165) is 48.7 Å². The maximum atomic E-state index is 13.6. The van der Waals surface area contributed by atoms with Gasteiger partial charge in [-0.1, -0.05) is 121 Å². The molecule has 2 aliphatic rings. The quantitative estimate of drug-likeness (QED) is 0.125. The zero-order chi connectivity index (χ0) is 35.4. The summed E-state index contributed by atoms with van der Waals surface area (Å²) in [7, 11) is 0. The van der Waals surface area contributed by atoms with Crippen LogP contribution in [0.5, 0.6) is 11.5 Å². The van der Waals surface area contributed by atoms with Crippen molar-refractivity contribution in [2.45, 2.75) is 61.0 Å². The van der Waals surface area contributed by atoms with Gasteiger partial charge >= 0.3 is 6.09 Å². The molecule has 1 amide bonds. The Balaban J connectivity index is 1.27. The Labute approximate surface area is 312 Å². The number of fused-ring (bicyclic) bond motifs is 1. The average molecular weight is 763 g/mol. The molecule has 0 aliphatic carbocycles. The molecule has 3 atom stereocenters. The summed E-state index contributed by atoms with van der Waals surface area (Å²) in [5.74, 6) is 1.52. The lowest BCUT2D eigenvalue weighted by Gasteiger charge is -2.34. The molecule has 51 heavy (non-hydrogen) atoms. The summed E-state index contributed by atoms with van der Waals surface area (Å²) in [6.45, 7) is 9.23. The number of nitrogens with zero attached hydrogens (tertiary/aromatic N) is 1. The number of para-hydroxylation sites is 1. The fraction of sp³-hybridized carbons (Fsp3) is 0.233. The SMILES string of the molecule is C=CC1(c2cc(C[C@H]3COC(C)(C)N3C(=O)OCc3ccccc3)ccc2OCc2ccccc2)c2cccc(Br)c2OC1Sc1ccccc1. The largest absolute Gasteiger partial charge is 0.489 e. The van der Waals surface area contributed by atoms with Crippen molar-refractivity contribution in [2.75, 3.05) is 6.61 Å². The van der Waals surface area contributed by atoms with E-state index in [2.05, 4.69) is 65.0 Å². The lowest BCUT2D eigenvalue weighted by atomic mass is 9.74. The molecule has 5 aromatic rings. The van der Waals surface area contributed by atoms with Gasteiger partial charge in [-0.3, -0.25) is 4.90 Å². The Hall–Kier alpha value is -4.50. The minimum Gasteiger partial charge on any atom is -0.489 e. The number of benzene rings is 5. The summed E-state index contributed by atoms with van der Waals surface area (Å²) in [6.07, 6.45) is 2.14. The zero-order valence-electron chi connectivity index (χ0n) is 28.7. The second kappa shape index (κ2) is 15.0. The highest BCUT2D eigenvalue weighted by molar-refractivity contribution is 9.10. The van der Waals surface area contributed by atoms with Crippen molar-refractivity contribution in [3.8, 4) is 11.5 Å². The van der Waals surface area contributed by atoms with Crippen LogP contribution < -0.4 is 9.47 Å². The van der Waals surface area contributed by atoms with Gasteiger partial charge in [0.05, 0.1) is 22.5 Å². The van der Waals surface area contributed by atoms with Crippen molar-refractivity contribution in [3.05, 3.63) is 172 Å². The van der Waals surface area contributed by atoms with E-state index in [1.165, 1.54) is 0 Å². The Kier molecular flexibility index (Phi) is 10.3. The first-order chi connectivity index (χ1) is 24.8. The molecule has 8 heteroatoms. The van der Waals surface area contributed by atoms with Crippen LogP contribution in [0.4, 0.5) is 4.79 Å². The number of hydrogen-bond acceptors (Lipinski definition) is 6. The van der Waals surface area contributed by atoms with Gasteiger partial charge in [0, 0.05) is 16.0 Å². The van der Waals surface area contributed by atoms with E-state index < -0.39 is 22.7 Å². The molecule has 260 valence electrons. The number of carbonyl (C=O) groups is 1. The highest BCUT2D eigenvalue weighted by Crippen LogP contribution is 2.57. The van der Waals surface area contributed by atoms with E-state index in [4.69, 9.17) is 18.9 Å². The lowest BCUT2D eigenvalue weighted by Crippen LogP contribution is -2.48. The Bertz CT molecular complexity index is 1990. The topological polar surface area (TPSA) is 57.2 Å². The van der Waals surface area contributed by atoms with Crippen LogP contribution in [0.15, 0.2) is 149 Å². The molecular weight excluding hydrogens is 722 g/mol. The van der Waals surface area contributed by atoms with Crippen molar-refractivity contribution < 1.29 is 23.7 Å². The predicted molar refractivity (Wildman–Crippen MR) is 205 cm³/mol. The van der Waals surface area contributed by atoms with Gasteiger partial charge in [-0.15, -0.1) is 6.58 Å². The fourth-order valence-corrected chi connectivity index (χ4v) is 8.66. The summed E-state index contributed by atoms with van der Waals surface area (Å²) in [4.78, 5) is 16.4. The highest BCUT2D eigenvalue weighted by atomic mass is 79.9. The van der Waals surface area contributed by atoms with Gasteiger partial charge in [0.15, 0.2) is 5.44 Å². The predicted octanol–water partition coefficient (Wildman–Crippen LogP) is 10.3. The monoisotopic (exact) mass is 761 g/mol. The third-order valence-corrected chi connectivity index (χ3v) is 11.3. The molecule has 0 N–H and O–H groups in total. The Morgan fingerprint density at radius 2 is 1.53 bits per heavy atom. The fourth-order valence-electron chi connectivity index (χ4n) is 6.96. The third kappa shape index (κ3) is 7.18. The first kappa shape index (κ1) is 34.9. The normalized spacial score (nSPS) is 20.3. The van der Waals surface area contributed by atoms with E-state index in [9.17, 15) is 4.79 Å². The molecular formula is C43H40BrNO5S. The minimum absolute atomic E-state index is 0.188. The molecule has 7 rings (SSSR count). The van der Waals surface area contributed by atoms with Gasteiger partial charge in [0.25, 0.3) is 0 Å². The molecule has 0 saturated carbocycles. The summed E-state index contributed by atoms with van der Waals surface area (Å²) >= 11 is 5.41. The maximum absolute atomic E-state index is 13.6. The average Bonchev–Trinajstić information content (AvgIpc) is 3.64. The van der Waals surface area contributed by atoms with Gasteiger partial charge in [-0.25, -0.2) is 4.79 Å². The summed E-state index contributed by atoms with van der Waals surface area (Å²) in [6, 6.07) is 42.3. The molecule has 1 saturated heterocycles. The van der Waals surface area contributed by atoms with Crippen molar-refractivity contribution in [2.24, 2.45) is 0 Å². The highest BCUT2D eigenvalue weighted by Gasteiger charge is 2.51. The van der Waals surface area contributed by atoms with Crippen molar-refractivity contribution in [3.63, 3.8) is 0 Å². The van der Waals surface area contributed by atoms with Crippen LogP contribution in [0.3, 0.4) is 0 Å². The number of rotatable bonds is 11. The summed E-state index contributed by atoms with van der Waals surface area (Å²) in [5.41, 5.74) is 2.95. The standard InChI is InChI=1S/C43H40BrNO5S/c1-4-43(35-21-14-22-37(44)39(35)50-40(43)51-34-19-12-7-13-20-34)36-26-32(23-24-38(36)47-27-30-15-8-5-9-16-30)25-33-29-49-42(2,3)45(33)41(46)48-28-31-17-10-6-11-18-31/h4-24,26,33,40H,1,25,27-29H2,2-3H3/t33-,40?,43?/m0/s1. The van der Waals surface area contributed by atoms with Gasteiger partial charge in [0.2, 0.25) is 0 Å². The van der Waals surface area contributed by atoms with Gasteiger partial charge in [0.1, 0.15) is 30.4 Å². The van der Waals surface area contributed by atoms with Crippen LogP contribution >= 0.6 is 27.7 Å². The van der Waals surface area contributed by atoms with Crippen molar-refractivity contribution in [1.82, 2.24) is 4.90 Å². The third-order valence-electron chi connectivity index (χ3n) is 9.49. The molecule has 0 radical (unpaired) electrons. The molecule has 0 spiro atoms. The molecule has 0 bridgehead atoms. The smallest absolute Gasteiger partial charge is 0.412 e. The maximum Gasteiger partial charge on any atom is 0.412 e. The second-order valence-electron chi connectivity index (χ2n) is 13.2. The number of carbonyl (C=O) groups excluding carboxylic acids is 1. The van der Waals surface area contributed by atoms with E-state index in [0.29, 0.717) is 19.6 Å². The van der Waals surface area contributed by atoms with Crippen molar-refractivity contribution >= 4 is 33.8 Å². The molecule has 0 aromatic heterocycles. The van der Waals surface area contributed by atoms with Gasteiger partial charge < -0.3 is 18.9 Å². The van der Waals surface area contributed by atoms with Crippen LogP contribution in [-0.2, 0) is 34.5 Å². The number of hydrogen-bond donors (Lipinski definition) is 0. The van der Waals surface area contributed by atoms with Crippen molar-refractivity contribution in [1.29, 1.82) is 0 Å². The van der Waals surface area contributed by atoms with Crippen LogP contribution in [0, 0.1) is 0 Å². The molecule has 2 aliphatic heterocycles. The van der Waals surface area contributed by atoms with Gasteiger partial charge in [-0.2, -0.15) is 0 Å². The van der Waals surface area contributed by atoms with E-state index >= 15 is 0 Å². The molecule has 6 nitrogen and oxygen atoms in total. The first-order valence-electron chi connectivity index (χ1n) is 17.0. The number of ether oxygens (including phenoxy) is 4. The van der Waals surface area contributed by atoms with Gasteiger partial charge in [-0.05, 0) is 77.2 Å². The number of amides is 1. The van der Waals surface area contributed by atoms with Crippen LogP contribution in [0.2, 0.25) is 0 Å². The number of halogens is 1. The zero-order valence-corrected chi connectivity index (χ0v) is 31.1. The van der Waals surface area contributed by atoms with Crippen LogP contribution in [0.25, 0.3) is 0 Å². The Morgan fingerprint density at radius 1 is 0.863 bits per heavy atom. The first-order valence-corrected chi connectivity index (χ1v) is 18.7. The molecule has 2 unspecified atom stereocenters. The minimum atomic E-state index is -0.829. The second-order valence-corrected chi connectivity index (χ2v) is 15.2. The number of thioether (sulfide) groups is 1. The molecule has 5 aromatic carbocycles. The summed E-state index contributed by atoms with van der Waals surface area (Å²) in [5, 5.41) is 0. The van der Waals surface area contributed by atoms with Crippen LogP contribution in [0.1, 0.15) is 41.7 Å². The summed E-state index contributed by atoms with van der Waals surface area (Å²) < 4.78 is 26.4. The molecule has 2 heterocycles. The Morgan fingerprint density at radius 3 is 2.22 bits per heavy atom. The van der Waals surface area contributed by atoms with E-state index in [1.54, 1.807) is 16.7 Å². The van der Waals surface area contributed by atoms with E-state index in [1.807, 2.05) is 105 Å². The molecule has 1 fully saturated rings. The van der Waals surface area contributed by atoms with Crippen LogP contribution in [-0.4, -0.2) is 34.8 Å².